The molecule has 0 spiro atoms. The standard InChI is InChI=1S/C7H15N.C5H10O2.C2H6/c1-3-7-5-4-6-8(7)2;1-5(2,3)7-4-6;1-2/h7H,3-6H2,1-2H3;4H,1-3H3;1-2H3. The monoisotopic (exact) mass is 245 g/mol. The zero-order chi connectivity index (χ0) is 13.9. The van der Waals surface area contributed by atoms with Gasteiger partial charge < -0.3 is 9.64 Å². The molecule has 1 atom stereocenters. The number of carbonyl (C=O) groups is 1. The highest BCUT2D eigenvalue weighted by Crippen LogP contribution is 2.16. The minimum atomic E-state index is -0.318. The van der Waals surface area contributed by atoms with Gasteiger partial charge in [-0.15, -0.1) is 0 Å². The maximum Gasteiger partial charge on any atom is 0.293 e. The molecule has 3 heteroatoms. The minimum absolute atomic E-state index is 0.318. The highest BCUT2D eigenvalue weighted by atomic mass is 16.5. The Labute approximate surface area is 108 Å². The fourth-order valence-electron chi connectivity index (χ4n) is 1.64. The summed E-state index contributed by atoms with van der Waals surface area (Å²) in [6, 6.07) is 0.898. The number of nitrogens with zero attached hydrogens (tertiary/aromatic N) is 1. The van der Waals surface area contributed by atoms with Gasteiger partial charge in [-0.05, 0) is 53.6 Å². The predicted molar refractivity (Wildman–Crippen MR) is 74.2 cm³/mol. The molecule has 17 heavy (non-hydrogen) atoms. The van der Waals surface area contributed by atoms with Gasteiger partial charge in [0.2, 0.25) is 0 Å². The minimum Gasteiger partial charge on any atom is -0.462 e. The molecular weight excluding hydrogens is 214 g/mol. The summed E-state index contributed by atoms with van der Waals surface area (Å²) in [5.41, 5.74) is -0.318. The van der Waals surface area contributed by atoms with Gasteiger partial charge in [0.1, 0.15) is 5.60 Å². The molecule has 3 nitrogen and oxygen atoms in total. The fourth-order valence-corrected chi connectivity index (χ4v) is 1.64. The Morgan fingerprint density at radius 1 is 1.35 bits per heavy atom. The third-order valence-corrected chi connectivity index (χ3v) is 2.54. The molecule has 0 aromatic heterocycles. The molecule has 1 heterocycles. The molecule has 1 saturated heterocycles. The first-order valence-corrected chi connectivity index (χ1v) is 6.72. The van der Waals surface area contributed by atoms with Crippen LogP contribution < -0.4 is 0 Å². The lowest BCUT2D eigenvalue weighted by Crippen LogP contribution is -2.23. The smallest absolute Gasteiger partial charge is 0.293 e. The molecule has 104 valence electrons. The van der Waals surface area contributed by atoms with Crippen LogP contribution in [0.25, 0.3) is 0 Å². The lowest BCUT2D eigenvalue weighted by molar-refractivity contribution is -0.138. The SMILES string of the molecule is CC.CC(C)(C)OC=O.CCC1CCCN1C. The van der Waals surface area contributed by atoms with Crippen LogP contribution in [-0.2, 0) is 9.53 Å². The van der Waals surface area contributed by atoms with Crippen molar-refractivity contribution in [2.45, 2.75) is 72.4 Å². The molecule has 0 aromatic rings. The third-order valence-electron chi connectivity index (χ3n) is 2.54. The number of ether oxygens (including phenoxy) is 1. The quantitative estimate of drug-likeness (QED) is 0.698. The van der Waals surface area contributed by atoms with E-state index in [0.29, 0.717) is 6.47 Å². The van der Waals surface area contributed by atoms with Gasteiger partial charge in [0, 0.05) is 6.04 Å². The van der Waals surface area contributed by atoms with Gasteiger partial charge in [-0.25, -0.2) is 0 Å². The highest BCUT2D eigenvalue weighted by Gasteiger charge is 2.17. The van der Waals surface area contributed by atoms with E-state index < -0.39 is 0 Å². The molecule has 0 aliphatic carbocycles. The number of rotatable bonds is 2. The highest BCUT2D eigenvalue weighted by molar-refractivity contribution is 5.37. The lowest BCUT2D eigenvalue weighted by atomic mass is 10.2. The topological polar surface area (TPSA) is 29.5 Å². The Balaban J connectivity index is 0. The number of carbonyl (C=O) groups excluding carboxylic acids is 1. The van der Waals surface area contributed by atoms with E-state index in [-0.39, 0.29) is 5.60 Å². The van der Waals surface area contributed by atoms with E-state index in [0.717, 1.165) is 6.04 Å². The van der Waals surface area contributed by atoms with Crippen LogP contribution in [0, 0.1) is 0 Å². The summed E-state index contributed by atoms with van der Waals surface area (Å²) in [6.45, 7) is 13.5. The average Bonchev–Trinajstić information content (AvgIpc) is 2.66. The normalized spacial score (nSPS) is 19.6. The van der Waals surface area contributed by atoms with Crippen molar-refractivity contribution in [1.29, 1.82) is 0 Å². The van der Waals surface area contributed by atoms with Crippen molar-refractivity contribution in [2.75, 3.05) is 13.6 Å². The molecule has 1 fully saturated rings. The van der Waals surface area contributed by atoms with Crippen LogP contribution >= 0.6 is 0 Å². The molecule has 1 aliphatic heterocycles. The maximum absolute atomic E-state index is 9.60. The van der Waals surface area contributed by atoms with Crippen molar-refractivity contribution in [2.24, 2.45) is 0 Å². The van der Waals surface area contributed by atoms with Gasteiger partial charge >= 0.3 is 0 Å². The summed E-state index contributed by atoms with van der Waals surface area (Å²) < 4.78 is 4.55. The number of likely N-dealkylation sites (tertiary alicyclic amines) is 1. The van der Waals surface area contributed by atoms with Crippen LogP contribution in [0.2, 0.25) is 0 Å². The van der Waals surface area contributed by atoms with E-state index in [2.05, 4.69) is 23.6 Å². The summed E-state index contributed by atoms with van der Waals surface area (Å²) in [5, 5.41) is 0. The van der Waals surface area contributed by atoms with Crippen LogP contribution in [0.4, 0.5) is 0 Å². The second-order valence-electron chi connectivity index (χ2n) is 5.01. The van der Waals surface area contributed by atoms with E-state index in [1.807, 2.05) is 34.6 Å². The third kappa shape index (κ3) is 11.7. The molecule has 0 bridgehead atoms. The van der Waals surface area contributed by atoms with Crippen LogP contribution in [-0.4, -0.2) is 36.6 Å². The Morgan fingerprint density at radius 3 is 2.00 bits per heavy atom. The zero-order valence-corrected chi connectivity index (χ0v) is 12.7. The fraction of sp³-hybridized carbons (Fsp3) is 0.929. The average molecular weight is 245 g/mol. The molecule has 1 unspecified atom stereocenters. The van der Waals surface area contributed by atoms with Crippen molar-refractivity contribution in [3.63, 3.8) is 0 Å². The first-order valence-electron chi connectivity index (χ1n) is 6.72. The van der Waals surface area contributed by atoms with Gasteiger partial charge in [0.25, 0.3) is 6.47 Å². The van der Waals surface area contributed by atoms with Crippen LogP contribution in [0.15, 0.2) is 0 Å². The van der Waals surface area contributed by atoms with Crippen molar-refractivity contribution < 1.29 is 9.53 Å². The number of hydrogen-bond donors (Lipinski definition) is 0. The second-order valence-corrected chi connectivity index (χ2v) is 5.01. The Hall–Kier alpha value is -0.570. The van der Waals surface area contributed by atoms with Crippen LogP contribution in [0.1, 0.15) is 60.8 Å². The van der Waals surface area contributed by atoms with Crippen molar-refractivity contribution in [3.05, 3.63) is 0 Å². The van der Waals surface area contributed by atoms with Gasteiger partial charge in [-0.3, -0.25) is 4.79 Å². The largest absolute Gasteiger partial charge is 0.462 e. The second kappa shape index (κ2) is 10.6. The summed E-state index contributed by atoms with van der Waals surface area (Å²) in [5.74, 6) is 0. The molecular formula is C14H31NO2. The van der Waals surface area contributed by atoms with Crippen molar-refractivity contribution in [1.82, 2.24) is 4.90 Å². The van der Waals surface area contributed by atoms with Gasteiger partial charge in [-0.1, -0.05) is 20.8 Å². The van der Waals surface area contributed by atoms with Crippen molar-refractivity contribution >= 4 is 6.47 Å². The van der Waals surface area contributed by atoms with E-state index in [9.17, 15) is 4.79 Å². The van der Waals surface area contributed by atoms with Gasteiger partial charge in [0.15, 0.2) is 0 Å². The van der Waals surface area contributed by atoms with E-state index in [1.165, 1.54) is 25.8 Å². The molecule has 1 aliphatic rings. The first-order chi connectivity index (χ1) is 7.90. The molecule has 0 saturated carbocycles. The maximum atomic E-state index is 9.60. The summed E-state index contributed by atoms with van der Waals surface area (Å²) >= 11 is 0. The molecule has 0 amide bonds. The molecule has 0 radical (unpaired) electrons. The van der Waals surface area contributed by atoms with E-state index in [1.54, 1.807) is 0 Å². The lowest BCUT2D eigenvalue weighted by Gasteiger charge is -2.16. The molecule has 0 N–H and O–H groups in total. The summed E-state index contributed by atoms with van der Waals surface area (Å²) in [4.78, 5) is 12.1. The molecule has 0 aromatic carbocycles. The van der Waals surface area contributed by atoms with E-state index >= 15 is 0 Å². The van der Waals surface area contributed by atoms with Crippen molar-refractivity contribution in [3.8, 4) is 0 Å². The summed E-state index contributed by atoms with van der Waals surface area (Å²) in [7, 11) is 2.22. The zero-order valence-electron chi connectivity index (χ0n) is 12.7. The summed E-state index contributed by atoms with van der Waals surface area (Å²) in [6.07, 6.45) is 4.17. The Bertz CT molecular complexity index is 176. The molecule has 1 rings (SSSR count). The first kappa shape index (κ1) is 18.8. The van der Waals surface area contributed by atoms with Crippen LogP contribution in [0.3, 0.4) is 0 Å². The predicted octanol–water partition coefficient (Wildman–Crippen LogP) is 3.47. The van der Waals surface area contributed by atoms with Crippen LogP contribution in [0.5, 0.6) is 0 Å². The number of hydrogen-bond acceptors (Lipinski definition) is 3. The Morgan fingerprint density at radius 2 is 1.88 bits per heavy atom. The van der Waals surface area contributed by atoms with Gasteiger partial charge in [0.05, 0.1) is 0 Å². The van der Waals surface area contributed by atoms with Gasteiger partial charge in [-0.2, -0.15) is 0 Å². The van der Waals surface area contributed by atoms with E-state index in [4.69, 9.17) is 0 Å². The Kier molecular flexibility index (Phi) is 11.7.